The summed E-state index contributed by atoms with van der Waals surface area (Å²) in [6.07, 6.45) is 0.586. The van der Waals surface area contributed by atoms with Crippen LogP contribution >= 0.6 is 11.8 Å². The van der Waals surface area contributed by atoms with Crippen molar-refractivity contribution in [1.29, 1.82) is 0 Å². The second-order valence-corrected chi connectivity index (χ2v) is 11.1. The van der Waals surface area contributed by atoms with Crippen molar-refractivity contribution in [2.75, 3.05) is 39.2 Å². The molecule has 2 aliphatic heterocycles. The maximum atomic E-state index is 12.9. The van der Waals surface area contributed by atoms with Crippen molar-refractivity contribution in [2.24, 2.45) is 5.92 Å². The van der Waals surface area contributed by atoms with Crippen LogP contribution in [0.15, 0.2) is 52.3 Å². The Labute approximate surface area is 233 Å². The molecule has 210 valence electrons. The van der Waals surface area contributed by atoms with Crippen LogP contribution in [0, 0.1) is 5.92 Å². The van der Waals surface area contributed by atoms with Crippen molar-refractivity contribution in [2.45, 2.75) is 54.9 Å². The van der Waals surface area contributed by atoms with Crippen LogP contribution in [0.4, 0.5) is 11.4 Å². The maximum absolute atomic E-state index is 12.9. The number of nitrogens with one attached hydrogen (secondary N) is 3. The fourth-order valence-corrected chi connectivity index (χ4v) is 5.40. The molecule has 1 saturated heterocycles. The highest BCUT2D eigenvalue weighted by Crippen LogP contribution is 2.44. The first kappa shape index (κ1) is 28.7. The summed E-state index contributed by atoms with van der Waals surface area (Å²) in [5.41, 5.74) is 1.93. The lowest BCUT2D eigenvalue weighted by molar-refractivity contribution is -0.138. The van der Waals surface area contributed by atoms with Crippen molar-refractivity contribution in [3.8, 4) is 5.75 Å². The summed E-state index contributed by atoms with van der Waals surface area (Å²) in [5.74, 6) is -0.359. The van der Waals surface area contributed by atoms with Gasteiger partial charge in [-0.25, -0.2) is 0 Å². The lowest BCUT2D eigenvalue weighted by Gasteiger charge is -2.25. The highest BCUT2D eigenvalue weighted by molar-refractivity contribution is 7.99. The van der Waals surface area contributed by atoms with Gasteiger partial charge in [-0.05, 0) is 43.0 Å². The van der Waals surface area contributed by atoms with Crippen LogP contribution in [0.3, 0.4) is 0 Å². The Hall–Kier alpha value is -3.28. The molecule has 11 heteroatoms. The molecule has 1 fully saturated rings. The van der Waals surface area contributed by atoms with E-state index in [4.69, 9.17) is 14.2 Å². The predicted molar refractivity (Wildman–Crippen MR) is 148 cm³/mol. The number of hydrogen-bond acceptors (Lipinski definition) is 8. The number of fused-ring (bicyclic) bond motifs is 2. The van der Waals surface area contributed by atoms with Gasteiger partial charge in [0.2, 0.25) is 11.8 Å². The zero-order valence-corrected chi connectivity index (χ0v) is 23.5. The number of anilines is 2. The maximum Gasteiger partial charge on any atom is 0.260 e. The Bertz CT molecular complexity index is 1190. The molecule has 4 rings (SSSR count). The molecular weight excluding hydrogens is 520 g/mol. The number of nitrogens with zero attached hydrogens (tertiary/aromatic N) is 1. The normalized spacial score (nSPS) is 18.4. The molecular formula is C28H36N4O6S. The first-order valence-electron chi connectivity index (χ1n) is 13.0. The van der Waals surface area contributed by atoms with Gasteiger partial charge in [-0.3, -0.25) is 14.4 Å². The third kappa shape index (κ3) is 7.65. The molecule has 0 aromatic heterocycles. The minimum Gasteiger partial charge on any atom is -0.484 e. The number of carbonyl (C=O) groups excluding carboxylic acids is 3. The van der Waals surface area contributed by atoms with E-state index in [-0.39, 0.29) is 36.9 Å². The zero-order chi connectivity index (χ0) is 27.9. The molecule has 10 nitrogen and oxygen atoms in total. The van der Waals surface area contributed by atoms with Gasteiger partial charge < -0.3 is 35.1 Å². The number of likely N-dealkylation sites (N-methyl/N-ethyl adjacent to an activating group) is 1. The Morgan fingerprint density at radius 3 is 2.69 bits per heavy atom. The molecule has 39 heavy (non-hydrogen) atoms. The lowest BCUT2D eigenvalue weighted by atomic mass is 10.0. The fraction of sp³-hybridized carbons (Fsp3) is 0.464. The minimum absolute atomic E-state index is 0.171. The molecule has 2 aromatic rings. The van der Waals surface area contributed by atoms with Gasteiger partial charge >= 0.3 is 0 Å². The van der Waals surface area contributed by atoms with Crippen molar-refractivity contribution < 1.29 is 28.6 Å². The number of para-hydroxylation sites is 1. The number of hydrogen-bond donors (Lipinski definition) is 3. The van der Waals surface area contributed by atoms with Gasteiger partial charge in [-0.2, -0.15) is 0 Å². The minimum atomic E-state index is -0.735. The molecule has 3 N–H and O–H groups in total. The highest BCUT2D eigenvalue weighted by Gasteiger charge is 2.32. The van der Waals surface area contributed by atoms with Crippen LogP contribution in [-0.4, -0.2) is 74.9 Å². The monoisotopic (exact) mass is 556 g/mol. The first-order chi connectivity index (χ1) is 18.7. The molecule has 2 aromatic carbocycles. The third-order valence-electron chi connectivity index (χ3n) is 6.45. The molecule has 2 heterocycles. The standard InChI is InChI=1S/C28H36N4O6S/c1-17(2)13-22(27(35)31-20-11-12-37-28(20)36-4)30-25(33)15-32(3)26(34)16-38-18-9-10-24-21(14-18)29-19-7-5-6-8-23(19)39-24/h5-10,14,17,20,22,28-29H,11-13,15-16H2,1-4H3,(H,30,33)(H,31,35)/t20-,22-,28?/m0/s1. The van der Waals surface area contributed by atoms with Crippen LogP contribution in [0.5, 0.6) is 5.75 Å². The molecule has 0 saturated carbocycles. The van der Waals surface area contributed by atoms with E-state index in [1.165, 1.54) is 19.1 Å². The Balaban J connectivity index is 1.27. The van der Waals surface area contributed by atoms with Crippen LogP contribution in [-0.2, 0) is 23.9 Å². The van der Waals surface area contributed by atoms with Gasteiger partial charge in [-0.1, -0.05) is 37.7 Å². The van der Waals surface area contributed by atoms with E-state index in [0.29, 0.717) is 25.2 Å². The average molecular weight is 557 g/mol. The van der Waals surface area contributed by atoms with Gasteiger partial charge in [-0.15, -0.1) is 0 Å². The summed E-state index contributed by atoms with van der Waals surface area (Å²) < 4.78 is 16.4. The average Bonchev–Trinajstić information content (AvgIpc) is 3.36. The second-order valence-electron chi connectivity index (χ2n) is 10.0. The Morgan fingerprint density at radius 2 is 1.92 bits per heavy atom. The van der Waals surface area contributed by atoms with Crippen molar-refractivity contribution in [3.63, 3.8) is 0 Å². The Morgan fingerprint density at radius 1 is 1.15 bits per heavy atom. The summed E-state index contributed by atoms with van der Waals surface area (Å²) in [6, 6.07) is 12.7. The molecule has 2 aliphatic rings. The molecule has 1 unspecified atom stereocenters. The second kappa shape index (κ2) is 13.2. The SMILES string of the molecule is COC1OCC[C@@H]1NC(=O)[C@H](CC(C)C)NC(=O)CN(C)C(=O)COc1ccc2c(c1)Nc1ccccc1S2. The van der Waals surface area contributed by atoms with Crippen LogP contribution in [0.2, 0.25) is 0 Å². The molecule has 0 aliphatic carbocycles. The number of rotatable bonds is 11. The zero-order valence-electron chi connectivity index (χ0n) is 22.7. The summed E-state index contributed by atoms with van der Waals surface area (Å²) in [6.45, 7) is 4.03. The van der Waals surface area contributed by atoms with E-state index in [1.807, 2.05) is 50.2 Å². The molecule has 0 radical (unpaired) electrons. The van der Waals surface area contributed by atoms with E-state index >= 15 is 0 Å². The van der Waals surface area contributed by atoms with Gasteiger partial charge in [0.25, 0.3) is 5.91 Å². The molecule has 3 amide bonds. The van der Waals surface area contributed by atoms with E-state index in [2.05, 4.69) is 22.0 Å². The summed E-state index contributed by atoms with van der Waals surface area (Å²) in [5, 5.41) is 9.09. The van der Waals surface area contributed by atoms with Gasteiger partial charge in [0.1, 0.15) is 11.8 Å². The number of benzene rings is 2. The number of ether oxygens (including phenoxy) is 3. The quantitative estimate of drug-likeness (QED) is 0.330. The third-order valence-corrected chi connectivity index (χ3v) is 7.61. The lowest BCUT2D eigenvalue weighted by Crippen LogP contribution is -2.53. The van der Waals surface area contributed by atoms with Crippen LogP contribution in [0.1, 0.15) is 26.7 Å². The Kier molecular flexibility index (Phi) is 9.71. The van der Waals surface area contributed by atoms with Gasteiger partial charge in [0, 0.05) is 30.0 Å². The van der Waals surface area contributed by atoms with Crippen LogP contribution in [0.25, 0.3) is 0 Å². The van der Waals surface area contributed by atoms with Crippen molar-refractivity contribution >= 4 is 40.9 Å². The molecule has 0 bridgehead atoms. The van der Waals surface area contributed by atoms with Crippen LogP contribution < -0.4 is 20.7 Å². The summed E-state index contributed by atoms with van der Waals surface area (Å²) in [7, 11) is 3.06. The van der Waals surface area contributed by atoms with E-state index < -0.39 is 18.2 Å². The van der Waals surface area contributed by atoms with Crippen molar-refractivity contribution in [3.05, 3.63) is 42.5 Å². The highest BCUT2D eigenvalue weighted by atomic mass is 32.2. The fourth-order valence-electron chi connectivity index (χ4n) is 4.43. The predicted octanol–water partition coefficient (Wildman–Crippen LogP) is 3.14. The van der Waals surface area contributed by atoms with Gasteiger partial charge in [0.05, 0.1) is 30.6 Å². The number of carbonyl (C=O) groups is 3. The van der Waals surface area contributed by atoms with E-state index in [9.17, 15) is 14.4 Å². The smallest absolute Gasteiger partial charge is 0.260 e. The van der Waals surface area contributed by atoms with E-state index in [1.54, 1.807) is 11.8 Å². The number of amides is 3. The van der Waals surface area contributed by atoms with Crippen molar-refractivity contribution in [1.82, 2.24) is 15.5 Å². The largest absolute Gasteiger partial charge is 0.484 e. The first-order valence-corrected chi connectivity index (χ1v) is 13.8. The summed E-state index contributed by atoms with van der Waals surface area (Å²) >= 11 is 1.67. The van der Waals surface area contributed by atoms with E-state index in [0.717, 1.165) is 21.2 Å². The van der Waals surface area contributed by atoms with Gasteiger partial charge in [0.15, 0.2) is 12.9 Å². The molecule has 3 atom stereocenters. The number of methoxy groups -OCH3 is 1. The topological polar surface area (TPSA) is 118 Å². The summed E-state index contributed by atoms with van der Waals surface area (Å²) in [4.78, 5) is 41.9. The molecule has 0 spiro atoms.